The number of rotatable bonds is 7. The van der Waals surface area contributed by atoms with Crippen LogP contribution >= 0.6 is 0 Å². The Labute approximate surface area is 104 Å². The third-order valence-electron chi connectivity index (χ3n) is 2.11. The van der Waals surface area contributed by atoms with Gasteiger partial charge in [-0.05, 0) is 20.9 Å². The highest BCUT2D eigenvalue weighted by Crippen LogP contribution is 2.17. The number of alkyl halides is 1. The van der Waals surface area contributed by atoms with E-state index in [1.165, 1.54) is 6.92 Å². The van der Waals surface area contributed by atoms with Gasteiger partial charge in [0.2, 0.25) is 5.91 Å². The van der Waals surface area contributed by atoms with E-state index in [0.717, 1.165) is 0 Å². The Morgan fingerprint density at radius 1 is 1.41 bits per heavy atom. The molecule has 0 aromatic heterocycles. The molecule has 104 valence electrons. The molecule has 0 spiro atoms. The van der Waals surface area contributed by atoms with Gasteiger partial charge < -0.3 is 15.4 Å². The van der Waals surface area contributed by atoms with Crippen molar-refractivity contribution in [3.05, 3.63) is 0 Å². The van der Waals surface area contributed by atoms with Crippen molar-refractivity contribution in [3.63, 3.8) is 0 Å². The summed E-state index contributed by atoms with van der Waals surface area (Å²) >= 11 is 0. The molecule has 1 unspecified atom stereocenters. The molecule has 0 radical (unpaired) electrons. The van der Waals surface area contributed by atoms with Crippen molar-refractivity contribution in [3.8, 4) is 0 Å². The fraction of sp³-hybridized carbons (Fsp3) is 0.917. The molecule has 0 aliphatic carbocycles. The molecule has 17 heavy (non-hydrogen) atoms. The molecule has 1 amide bonds. The van der Waals surface area contributed by atoms with Crippen molar-refractivity contribution in [2.75, 3.05) is 26.7 Å². The summed E-state index contributed by atoms with van der Waals surface area (Å²) in [5, 5.41) is 5.34. The van der Waals surface area contributed by atoms with Gasteiger partial charge in [0.1, 0.15) is 6.17 Å². The van der Waals surface area contributed by atoms with Gasteiger partial charge in [-0.1, -0.05) is 13.8 Å². The minimum Gasteiger partial charge on any atom is -0.371 e. The minimum absolute atomic E-state index is 0.0120. The zero-order chi connectivity index (χ0) is 13.9. The number of hydrogen-bond donors (Lipinski definition) is 2. The van der Waals surface area contributed by atoms with Gasteiger partial charge in [-0.25, -0.2) is 4.39 Å². The largest absolute Gasteiger partial charge is 0.371 e. The lowest BCUT2D eigenvalue weighted by molar-refractivity contribution is -0.120. The Kier molecular flexibility index (Phi) is 11.5. The summed E-state index contributed by atoms with van der Waals surface area (Å²) in [4.78, 5) is 10.6. The summed E-state index contributed by atoms with van der Waals surface area (Å²) in [6, 6.07) is 0. The molecule has 0 fully saturated rings. The van der Waals surface area contributed by atoms with Gasteiger partial charge in [0, 0.05) is 13.5 Å². The predicted octanol–water partition coefficient (Wildman–Crippen LogP) is 1.50. The number of ether oxygens (including phenoxy) is 1. The van der Waals surface area contributed by atoms with Gasteiger partial charge in [-0.15, -0.1) is 0 Å². The molecule has 0 heterocycles. The number of halogens is 1. The maximum atomic E-state index is 13.6. The zero-order valence-electron chi connectivity index (χ0n) is 11.9. The molecule has 0 aliphatic rings. The van der Waals surface area contributed by atoms with Crippen LogP contribution in [-0.4, -0.2) is 44.4 Å². The smallest absolute Gasteiger partial charge is 0.216 e. The van der Waals surface area contributed by atoms with Gasteiger partial charge in [-0.2, -0.15) is 0 Å². The molecule has 0 saturated carbocycles. The molecule has 0 aromatic rings. The number of carbonyl (C=O) groups excluding carboxylic acids is 1. The third kappa shape index (κ3) is 10.2. The van der Waals surface area contributed by atoms with Crippen LogP contribution in [0.15, 0.2) is 0 Å². The number of amides is 1. The fourth-order valence-corrected chi connectivity index (χ4v) is 0.986. The van der Waals surface area contributed by atoms with Crippen LogP contribution < -0.4 is 10.6 Å². The quantitative estimate of drug-likeness (QED) is 0.673. The summed E-state index contributed by atoms with van der Waals surface area (Å²) in [5.41, 5.74) is -0.876. The van der Waals surface area contributed by atoms with E-state index in [1.807, 2.05) is 13.8 Å². The van der Waals surface area contributed by atoms with E-state index in [0.29, 0.717) is 13.2 Å². The van der Waals surface area contributed by atoms with E-state index in [9.17, 15) is 9.18 Å². The lowest BCUT2D eigenvalue weighted by Gasteiger charge is -2.29. The van der Waals surface area contributed by atoms with Crippen molar-refractivity contribution in [1.82, 2.24) is 10.6 Å². The van der Waals surface area contributed by atoms with E-state index >= 15 is 0 Å². The highest BCUT2D eigenvalue weighted by Gasteiger charge is 2.30. The molecule has 5 heteroatoms. The Hall–Kier alpha value is -0.680. The second-order valence-corrected chi connectivity index (χ2v) is 3.96. The van der Waals surface area contributed by atoms with Gasteiger partial charge in [0.05, 0.1) is 18.8 Å². The molecule has 2 N–H and O–H groups in total. The van der Waals surface area contributed by atoms with Crippen LogP contribution in [0.3, 0.4) is 0 Å². The summed E-state index contributed by atoms with van der Waals surface area (Å²) in [6.45, 7) is 9.83. The molecule has 1 atom stereocenters. The second kappa shape index (κ2) is 10.5. The molecule has 4 nitrogen and oxygen atoms in total. The van der Waals surface area contributed by atoms with Gasteiger partial charge >= 0.3 is 0 Å². The highest BCUT2D eigenvalue weighted by atomic mass is 19.1. The summed E-state index contributed by atoms with van der Waals surface area (Å²) in [6.07, 6.45) is -1.21. The molecule has 0 aromatic carbocycles. The predicted molar refractivity (Wildman–Crippen MR) is 68.9 cm³/mol. The summed E-state index contributed by atoms with van der Waals surface area (Å²) in [5.74, 6) is -0.233. The number of nitrogens with one attached hydrogen (secondary N) is 2. The van der Waals surface area contributed by atoms with Gasteiger partial charge in [0.15, 0.2) is 0 Å². The van der Waals surface area contributed by atoms with E-state index in [4.69, 9.17) is 4.74 Å². The van der Waals surface area contributed by atoms with Crippen molar-refractivity contribution in [1.29, 1.82) is 0 Å². The van der Waals surface area contributed by atoms with Gasteiger partial charge in [0.25, 0.3) is 0 Å². The Morgan fingerprint density at radius 3 is 2.35 bits per heavy atom. The molecule has 0 bridgehead atoms. The van der Waals surface area contributed by atoms with Crippen LogP contribution in [0, 0.1) is 0 Å². The maximum absolute atomic E-state index is 13.6. The van der Waals surface area contributed by atoms with Crippen molar-refractivity contribution >= 4 is 5.91 Å². The number of likely N-dealkylation sites (N-methyl/N-ethyl adjacent to an activating group) is 1. The molecular formula is C12H27FN2O2. The Bertz CT molecular complexity index is 199. The highest BCUT2D eigenvalue weighted by molar-refractivity contribution is 5.72. The van der Waals surface area contributed by atoms with Crippen LogP contribution in [0.25, 0.3) is 0 Å². The monoisotopic (exact) mass is 250 g/mol. The minimum atomic E-state index is -1.21. The fourth-order valence-electron chi connectivity index (χ4n) is 0.986. The second-order valence-electron chi connectivity index (χ2n) is 3.96. The first-order valence-electron chi connectivity index (χ1n) is 6.07. The van der Waals surface area contributed by atoms with Crippen molar-refractivity contribution in [2.45, 2.75) is 46.4 Å². The summed E-state index contributed by atoms with van der Waals surface area (Å²) in [7, 11) is 1.81. The topological polar surface area (TPSA) is 50.4 Å². The van der Waals surface area contributed by atoms with E-state index in [-0.39, 0.29) is 12.5 Å². The standard InChI is InChI=1S/C10H21FN2O2.C2H6/c1-8(14)13-7-9(11)10(2,3)15-6-5-12-4;1-2/h9,12H,5-7H2,1-4H3,(H,13,14);1-2H3. The first kappa shape index (κ1) is 18.7. The lowest BCUT2D eigenvalue weighted by Crippen LogP contribution is -2.44. The Balaban J connectivity index is 0. The van der Waals surface area contributed by atoms with E-state index in [2.05, 4.69) is 10.6 Å². The zero-order valence-corrected chi connectivity index (χ0v) is 11.9. The van der Waals surface area contributed by atoms with E-state index < -0.39 is 11.8 Å². The van der Waals surface area contributed by atoms with Crippen LogP contribution in [-0.2, 0) is 9.53 Å². The average molecular weight is 250 g/mol. The van der Waals surface area contributed by atoms with Crippen LogP contribution in [0.1, 0.15) is 34.6 Å². The van der Waals surface area contributed by atoms with Gasteiger partial charge in [-0.3, -0.25) is 4.79 Å². The van der Waals surface area contributed by atoms with Crippen LogP contribution in [0.5, 0.6) is 0 Å². The maximum Gasteiger partial charge on any atom is 0.216 e. The molecular weight excluding hydrogens is 223 g/mol. The molecule has 0 rings (SSSR count). The molecule has 0 aliphatic heterocycles. The number of hydrogen-bond acceptors (Lipinski definition) is 3. The third-order valence-corrected chi connectivity index (χ3v) is 2.11. The van der Waals surface area contributed by atoms with Crippen molar-refractivity contribution < 1.29 is 13.9 Å². The van der Waals surface area contributed by atoms with E-state index in [1.54, 1.807) is 20.9 Å². The van der Waals surface area contributed by atoms with Crippen molar-refractivity contribution in [2.24, 2.45) is 0 Å². The average Bonchev–Trinajstić information content (AvgIpc) is 2.28. The SMILES string of the molecule is CC.CNCCOC(C)(C)C(F)CNC(C)=O. The normalized spacial score (nSPS) is 12.4. The first-order chi connectivity index (χ1) is 7.90. The molecule has 0 saturated heterocycles. The Morgan fingerprint density at radius 2 is 1.94 bits per heavy atom. The van der Waals surface area contributed by atoms with Crippen LogP contribution in [0.4, 0.5) is 4.39 Å². The number of carbonyl (C=O) groups is 1. The lowest BCUT2D eigenvalue weighted by atomic mass is 10.0. The first-order valence-corrected chi connectivity index (χ1v) is 6.07. The van der Waals surface area contributed by atoms with Crippen LogP contribution in [0.2, 0.25) is 0 Å². The summed E-state index contributed by atoms with van der Waals surface area (Å²) < 4.78 is 19.0.